The quantitative estimate of drug-likeness (QED) is 0.251. The van der Waals surface area contributed by atoms with Crippen LogP contribution in [0.4, 0.5) is 0 Å². The van der Waals surface area contributed by atoms with Gasteiger partial charge >= 0.3 is 0 Å². The summed E-state index contributed by atoms with van der Waals surface area (Å²) < 4.78 is 21.4. The van der Waals surface area contributed by atoms with Crippen molar-refractivity contribution in [3.8, 4) is 0 Å². The maximum Gasteiger partial charge on any atom is 0.0794 e. The maximum absolute atomic E-state index is 5.49. The van der Waals surface area contributed by atoms with Crippen LogP contribution >= 0.6 is 28.5 Å². The molecule has 1 unspecified atom stereocenters. The second kappa shape index (κ2) is 15.4. The lowest BCUT2D eigenvalue weighted by Crippen LogP contribution is -2.30. The molecular weight excluding hydrogens is 380 g/mol. The van der Waals surface area contributed by atoms with Crippen LogP contribution in [-0.2, 0) is 18.7 Å². The fourth-order valence-electron chi connectivity index (χ4n) is 1.15. The zero-order valence-corrected chi connectivity index (χ0v) is 15.3. The predicted molar refractivity (Wildman–Crippen MR) is 88.5 cm³/mol. The van der Waals surface area contributed by atoms with Crippen molar-refractivity contribution < 1.29 is 18.7 Å². The largest absolute Gasteiger partial charge is 0.378 e. The monoisotopic (exact) mass is 407 g/mol. The molecule has 0 aromatic carbocycles. The van der Waals surface area contributed by atoms with Gasteiger partial charge in [0, 0.05) is 12.6 Å². The average molecular weight is 407 g/mol. The van der Waals surface area contributed by atoms with Gasteiger partial charge in [-0.15, -0.1) is 0 Å². The van der Waals surface area contributed by atoms with Crippen molar-refractivity contribution in [2.75, 3.05) is 59.8 Å². The predicted octanol–water partition coefficient (Wildman–Crippen LogP) is 2.34. The number of likely N-dealkylation sites (N-methyl/N-ethyl adjacent to an activating group) is 1. The Labute approximate surface area is 132 Å². The molecule has 0 bridgehead atoms. The van der Waals surface area contributed by atoms with Gasteiger partial charge in [-0.2, -0.15) is 0 Å². The molecule has 0 saturated heterocycles. The molecule has 0 amide bonds. The molecule has 0 fully saturated rings. The van der Waals surface area contributed by atoms with E-state index in [4.69, 9.17) is 18.7 Å². The first-order valence-corrected chi connectivity index (χ1v) is 10.6. The molecule has 0 heterocycles. The summed E-state index contributed by atoms with van der Waals surface area (Å²) in [4.78, 5) is 2.26. The Bertz CT molecular complexity index is 189. The van der Waals surface area contributed by atoms with Crippen molar-refractivity contribution in [3.05, 3.63) is 0 Å². The van der Waals surface area contributed by atoms with Crippen molar-refractivity contribution in [2.45, 2.75) is 19.9 Å². The van der Waals surface area contributed by atoms with Gasteiger partial charge in [-0.1, -0.05) is 0 Å². The summed E-state index contributed by atoms with van der Waals surface area (Å²) in [6.45, 7) is 10.4. The van der Waals surface area contributed by atoms with Crippen LogP contribution in [0.3, 0.4) is 0 Å². The Balaban J connectivity index is 3.03. The van der Waals surface area contributed by atoms with Gasteiger partial charge in [0.25, 0.3) is 0 Å². The highest BCUT2D eigenvalue weighted by Gasteiger charge is 2.01. The lowest BCUT2D eigenvalue weighted by Gasteiger charge is -2.20. The van der Waals surface area contributed by atoms with Gasteiger partial charge < -0.3 is 23.6 Å². The molecule has 0 radical (unpaired) electrons. The summed E-state index contributed by atoms with van der Waals surface area (Å²) >= 11 is 2.19. The van der Waals surface area contributed by atoms with Crippen molar-refractivity contribution in [1.29, 1.82) is 0 Å². The van der Waals surface area contributed by atoms with Crippen LogP contribution in [-0.4, -0.2) is 70.8 Å². The van der Waals surface area contributed by atoms with Crippen molar-refractivity contribution in [1.82, 2.24) is 4.90 Å². The first-order valence-electron chi connectivity index (χ1n) is 6.59. The zero-order chi connectivity index (χ0) is 14.3. The van der Waals surface area contributed by atoms with Crippen LogP contribution in [0, 0.1) is 0 Å². The van der Waals surface area contributed by atoms with E-state index in [0.717, 1.165) is 13.2 Å². The van der Waals surface area contributed by atoms with E-state index in [1.807, 2.05) is 0 Å². The summed E-state index contributed by atoms with van der Waals surface area (Å²) in [6, 6.07) is 0.564. The minimum Gasteiger partial charge on any atom is -0.378 e. The van der Waals surface area contributed by atoms with Gasteiger partial charge in [0.2, 0.25) is 0 Å². The smallest absolute Gasteiger partial charge is 0.0794 e. The van der Waals surface area contributed by atoms with Crippen LogP contribution in [0.1, 0.15) is 13.8 Å². The normalized spacial score (nSPS) is 12.3. The molecule has 0 N–H and O–H groups in total. The topological polar surface area (TPSA) is 40.2 Å². The molecule has 0 aromatic rings. The molecule has 0 aromatic heterocycles. The summed E-state index contributed by atoms with van der Waals surface area (Å²) in [5, 5.41) is 0. The molecule has 0 aliphatic heterocycles. The van der Waals surface area contributed by atoms with Gasteiger partial charge in [0.05, 0.1) is 52.7 Å². The molecule has 0 rings (SSSR count). The molecule has 1 atom stereocenters. The Kier molecular flexibility index (Phi) is 16.1. The molecule has 0 spiro atoms. The summed E-state index contributed by atoms with van der Waals surface area (Å²) in [6.07, 6.45) is 0. The molecule has 19 heavy (non-hydrogen) atoms. The van der Waals surface area contributed by atoms with Crippen molar-refractivity contribution in [3.63, 3.8) is 0 Å². The Morgan fingerprint density at radius 3 is 1.84 bits per heavy atom. The van der Waals surface area contributed by atoms with Gasteiger partial charge in [0.1, 0.15) is 0 Å². The third kappa shape index (κ3) is 15.2. The standard InChI is InChI=1S/C12H27INO4P/c1-12(2)14(3)4-5-15-6-7-16-8-9-17-10-11-18-19-13/h12,19H,4-11H2,1-3H3. The van der Waals surface area contributed by atoms with Crippen molar-refractivity contribution >= 4 is 28.5 Å². The number of nitrogens with zero attached hydrogens (tertiary/aromatic N) is 1. The first-order chi connectivity index (χ1) is 9.18. The van der Waals surface area contributed by atoms with Gasteiger partial charge in [-0.3, -0.25) is 0 Å². The molecule has 0 saturated carbocycles. The van der Waals surface area contributed by atoms with Gasteiger partial charge in [-0.05, 0) is 42.9 Å². The Morgan fingerprint density at radius 2 is 1.37 bits per heavy atom. The molecule has 116 valence electrons. The fraction of sp³-hybridized carbons (Fsp3) is 1.00. The number of halogens is 1. The highest BCUT2D eigenvalue weighted by Crippen LogP contribution is 2.20. The van der Waals surface area contributed by atoms with Gasteiger partial charge in [-0.25, -0.2) is 0 Å². The van der Waals surface area contributed by atoms with E-state index in [1.165, 1.54) is 0 Å². The van der Waals surface area contributed by atoms with E-state index < -0.39 is 0 Å². The van der Waals surface area contributed by atoms with Crippen LogP contribution in [0.5, 0.6) is 0 Å². The molecule has 7 heteroatoms. The molecule has 0 aliphatic rings. The average Bonchev–Trinajstić information content (AvgIpc) is 2.39. The van der Waals surface area contributed by atoms with Crippen LogP contribution < -0.4 is 0 Å². The van der Waals surface area contributed by atoms with E-state index in [0.29, 0.717) is 52.1 Å². The summed E-state index contributed by atoms with van der Waals surface area (Å²) in [5.74, 6) is 0. The third-order valence-electron chi connectivity index (χ3n) is 2.60. The highest BCUT2D eigenvalue weighted by atomic mass is 127. The molecule has 0 aliphatic carbocycles. The van der Waals surface area contributed by atoms with E-state index >= 15 is 0 Å². The maximum atomic E-state index is 5.49. The van der Waals surface area contributed by atoms with Crippen molar-refractivity contribution in [2.24, 2.45) is 0 Å². The Hall–Kier alpha value is 0.960. The first kappa shape index (κ1) is 20.0. The zero-order valence-electron chi connectivity index (χ0n) is 12.2. The third-order valence-corrected chi connectivity index (χ3v) is 3.85. The second-order valence-electron chi connectivity index (χ2n) is 4.34. The van der Waals surface area contributed by atoms with E-state index in [-0.39, 0.29) is 0 Å². The van der Waals surface area contributed by atoms with Crippen LogP contribution in [0.15, 0.2) is 0 Å². The second-order valence-corrected chi connectivity index (χ2v) is 6.10. The van der Waals surface area contributed by atoms with E-state index in [1.54, 1.807) is 0 Å². The lowest BCUT2D eigenvalue weighted by atomic mass is 10.3. The highest BCUT2D eigenvalue weighted by molar-refractivity contribution is 14.2. The Morgan fingerprint density at radius 1 is 0.895 bits per heavy atom. The number of ether oxygens (including phenoxy) is 3. The summed E-state index contributed by atoms with van der Waals surface area (Å²) in [7, 11) is 2.10. The summed E-state index contributed by atoms with van der Waals surface area (Å²) in [5.41, 5.74) is 0. The lowest BCUT2D eigenvalue weighted by molar-refractivity contribution is 0.00680. The van der Waals surface area contributed by atoms with E-state index in [2.05, 4.69) is 47.8 Å². The number of hydrogen-bond acceptors (Lipinski definition) is 5. The van der Waals surface area contributed by atoms with Gasteiger partial charge in [0.15, 0.2) is 0 Å². The number of rotatable bonds is 14. The molecular formula is C12H27INO4P. The number of hydrogen-bond donors (Lipinski definition) is 0. The minimum atomic E-state index is 0.505. The van der Waals surface area contributed by atoms with Crippen LogP contribution in [0.25, 0.3) is 0 Å². The fourth-order valence-corrected chi connectivity index (χ4v) is 1.97. The molecule has 5 nitrogen and oxygen atoms in total. The van der Waals surface area contributed by atoms with E-state index in [9.17, 15) is 0 Å². The van der Waals surface area contributed by atoms with Crippen LogP contribution in [0.2, 0.25) is 0 Å². The SMILES string of the molecule is CC(C)N(C)CCOCCOCCOCCOPI. The minimum absolute atomic E-state index is 0.505.